The topological polar surface area (TPSA) is 49.4 Å². The molecule has 1 aromatic rings. The average molecular weight is 278 g/mol. The lowest BCUT2D eigenvalue weighted by Crippen LogP contribution is -2.55. The molecule has 0 radical (unpaired) electrons. The van der Waals surface area contributed by atoms with Crippen molar-refractivity contribution in [1.82, 2.24) is 5.32 Å². The van der Waals surface area contributed by atoms with E-state index in [1.165, 1.54) is 11.0 Å². The van der Waals surface area contributed by atoms with E-state index in [-0.39, 0.29) is 30.5 Å². The van der Waals surface area contributed by atoms with Crippen LogP contribution in [0.5, 0.6) is 0 Å². The first kappa shape index (κ1) is 14.5. The van der Waals surface area contributed by atoms with E-state index in [9.17, 15) is 14.0 Å². The molecule has 0 saturated carbocycles. The van der Waals surface area contributed by atoms with Crippen LogP contribution in [0.3, 0.4) is 0 Å². The Morgan fingerprint density at radius 3 is 2.70 bits per heavy atom. The molecule has 0 aliphatic carbocycles. The Bertz CT molecular complexity index is 539. The minimum absolute atomic E-state index is 0.176. The van der Waals surface area contributed by atoms with Gasteiger partial charge in [-0.1, -0.05) is 19.1 Å². The molecule has 1 aromatic carbocycles. The van der Waals surface area contributed by atoms with Gasteiger partial charge in [-0.05, 0) is 31.9 Å². The summed E-state index contributed by atoms with van der Waals surface area (Å²) in [5, 5.41) is 2.74. The maximum atomic E-state index is 14.1. The van der Waals surface area contributed by atoms with Crippen LogP contribution in [-0.4, -0.2) is 23.9 Å². The molecule has 1 heterocycles. The molecule has 2 amide bonds. The number of benzene rings is 1. The largest absolute Gasteiger partial charge is 0.342 e. The van der Waals surface area contributed by atoms with Crippen molar-refractivity contribution >= 4 is 17.5 Å². The highest BCUT2D eigenvalue weighted by Gasteiger charge is 2.40. The minimum Gasteiger partial charge on any atom is -0.342 e. The molecule has 0 aromatic heterocycles. The molecule has 2 rings (SSSR count). The molecule has 0 bridgehead atoms. The van der Waals surface area contributed by atoms with E-state index >= 15 is 0 Å². The third-order valence-corrected chi connectivity index (χ3v) is 3.86. The second-order valence-corrected chi connectivity index (χ2v) is 5.35. The average Bonchev–Trinajstić information content (AvgIpc) is 2.50. The summed E-state index contributed by atoms with van der Waals surface area (Å²) in [7, 11) is 0. The van der Waals surface area contributed by atoms with E-state index in [4.69, 9.17) is 0 Å². The number of carbonyl (C=O) groups excluding carboxylic acids is 2. The number of rotatable bonds is 2. The van der Waals surface area contributed by atoms with Gasteiger partial charge in [-0.3, -0.25) is 9.59 Å². The highest BCUT2D eigenvalue weighted by Crippen LogP contribution is 2.28. The van der Waals surface area contributed by atoms with Gasteiger partial charge in [0, 0.05) is 13.0 Å². The van der Waals surface area contributed by atoms with Gasteiger partial charge in [-0.15, -0.1) is 0 Å². The quantitative estimate of drug-likeness (QED) is 0.901. The van der Waals surface area contributed by atoms with Crippen LogP contribution in [0.2, 0.25) is 0 Å². The summed E-state index contributed by atoms with van der Waals surface area (Å²) >= 11 is 0. The lowest BCUT2D eigenvalue weighted by atomic mass is 9.96. The third kappa shape index (κ3) is 2.40. The Balaban J connectivity index is 2.50. The summed E-state index contributed by atoms with van der Waals surface area (Å²) in [5.74, 6) is -0.885. The van der Waals surface area contributed by atoms with Crippen molar-refractivity contribution in [2.75, 3.05) is 11.4 Å². The van der Waals surface area contributed by atoms with Gasteiger partial charge >= 0.3 is 0 Å². The minimum atomic E-state index is -0.984. The van der Waals surface area contributed by atoms with Crippen LogP contribution in [0.4, 0.5) is 10.1 Å². The maximum absolute atomic E-state index is 14.1. The van der Waals surface area contributed by atoms with Crippen LogP contribution in [0.25, 0.3) is 0 Å². The van der Waals surface area contributed by atoms with Crippen molar-refractivity contribution in [3.05, 3.63) is 29.6 Å². The van der Waals surface area contributed by atoms with E-state index in [2.05, 4.69) is 5.32 Å². The van der Waals surface area contributed by atoms with Crippen molar-refractivity contribution < 1.29 is 14.0 Å². The molecule has 4 nitrogen and oxygen atoms in total. The predicted molar refractivity (Wildman–Crippen MR) is 74.9 cm³/mol. The first-order chi connectivity index (χ1) is 9.39. The molecule has 20 heavy (non-hydrogen) atoms. The molecule has 108 valence electrons. The van der Waals surface area contributed by atoms with Gasteiger partial charge in [0.2, 0.25) is 5.91 Å². The normalized spacial score (nSPS) is 23.5. The Kier molecular flexibility index (Phi) is 3.79. The van der Waals surface area contributed by atoms with E-state index in [0.29, 0.717) is 12.0 Å². The van der Waals surface area contributed by atoms with Gasteiger partial charge in [0.1, 0.15) is 11.4 Å². The summed E-state index contributed by atoms with van der Waals surface area (Å²) < 4.78 is 14.1. The zero-order chi connectivity index (χ0) is 14.9. The summed E-state index contributed by atoms with van der Waals surface area (Å²) in [4.78, 5) is 25.9. The van der Waals surface area contributed by atoms with Crippen molar-refractivity contribution in [1.29, 1.82) is 0 Å². The van der Waals surface area contributed by atoms with Gasteiger partial charge in [0.05, 0.1) is 5.69 Å². The molecule has 1 atom stereocenters. The molecule has 1 aliphatic heterocycles. The van der Waals surface area contributed by atoms with Gasteiger partial charge < -0.3 is 10.2 Å². The molecule has 1 saturated heterocycles. The summed E-state index contributed by atoms with van der Waals surface area (Å²) in [6.07, 6.45) is 0.636. The number of hydrogen-bond acceptors (Lipinski definition) is 2. The summed E-state index contributed by atoms with van der Waals surface area (Å²) in [6, 6.07) is 4.70. The molecule has 1 fully saturated rings. The fourth-order valence-corrected chi connectivity index (χ4v) is 2.45. The fourth-order valence-electron chi connectivity index (χ4n) is 2.45. The number of halogens is 1. The first-order valence-electron chi connectivity index (χ1n) is 6.77. The second kappa shape index (κ2) is 5.23. The van der Waals surface area contributed by atoms with E-state index < -0.39 is 11.4 Å². The number of aryl methyl sites for hydroxylation is 1. The smallest absolute Gasteiger partial charge is 0.252 e. The Morgan fingerprint density at radius 1 is 1.40 bits per heavy atom. The van der Waals surface area contributed by atoms with E-state index in [0.717, 1.165) is 0 Å². The second-order valence-electron chi connectivity index (χ2n) is 5.35. The van der Waals surface area contributed by atoms with Crippen molar-refractivity contribution in [2.45, 2.75) is 39.2 Å². The zero-order valence-electron chi connectivity index (χ0n) is 12.0. The Hall–Kier alpha value is -1.91. The SMILES string of the molecule is CCC1(C)NC(=O)CCN(c2c(C)cccc2F)C1=O. The van der Waals surface area contributed by atoms with Crippen LogP contribution >= 0.6 is 0 Å². The van der Waals surface area contributed by atoms with E-state index in [1.807, 2.05) is 6.92 Å². The maximum Gasteiger partial charge on any atom is 0.252 e. The molecular formula is C15H19FN2O2. The highest BCUT2D eigenvalue weighted by atomic mass is 19.1. The van der Waals surface area contributed by atoms with Crippen LogP contribution in [0.1, 0.15) is 32.3 Å². The standard InChI is InChI=1S/C15H19FN2O2/c1-4-15(3)14(20)18(9-8-12(19)17-15)13-10(2)6-5-7-11(13)16/h5-7H,4,8-9H2,1-3H3,(H,17,19). The van der Waals surface area contributed by atoms with E-state index in [1.54, 1.807) is 26.0 Å². The highest BCUT2D eigenvalue weighted by molar-refractivity contribution is 6.04. The number of para-hydroxylation sites is 1. The number of anilines is 1. The van der Waals surface area contributed by atoms with Crippen LogP contribution in [0, 0.1) is 12.7 Å². The van der Waals surface area contributed by atoms with Crippen LogP contribution in [-0.2, 0) is 9.59 Å². The number of nitrogens with zero attached hydrogens (tertiary/aromatic N) is 1. The number of nitrogens with one attached hydrogen (secondary N) is 1. The monoisotopic (exact) mass is 278 g/mol. The number of carbonyl (C=O) groups is 2. The predicted octanol–water partition coefficient (Wildman–Crippen LogP) is 2.16. The van der Waals surface area contributed by atoms with Gasteiger partial charge in [0.25, 0.3) is 5.91 Å². The zero-order valence-corrected chi connectivity index (χ0v) is 12.0. The Labute approximate surface area is 118 Å². The molecule has 1 N–H and O–H groups in total. The lowest BCUT2D eigenvalue weighted by Gasteiger charge is -2.32. The van der Waals surface area contributed by atoms with Gasteiger partial charge in [0.15, 0.2) is 0 Å². The first-order valence-corrected chi connectivity index (χ1v) is 6.77. The van der Waals surface area contributed by atoms with Gasteiger partial charge in [-0.25, -0.2) is 4.39 Å². The van der Waals surface area contributed by atoms with Gasteiger partial charge in [-0.2, -0.15) is 0 Å². The fraction of sp³-hybridized carbons (Fsp3) is 0.467. The third-order valence-electron chi connectivity index (χ3n) is 3.86. The number of hydrogen-bond donors (Lipinski definition) is 1. The molecule has 1 aliphatic rings. The van der Waals surface area contributed by atoms with Crippen LogP contribution in [0.15, 0.2) is 18.2 Å². The molecule has 5 heteroatoms. The molecular weight excluding hydrogens is 259 g/mol. The number of amides is 2. The van der Waals surface area contributed by atoms with Crippen molar-refractivity contribution in [3.8, 4) is 0 Å². The van der Waals surface area contributed by atoms with Crippen molar-refractivity contribution in [3.63, 3.8) is 0 Å². The van der Waals surface area contributed by atoms with Crippen LogP contribution < -0.4 is 10.2 Å². The lowest BCUT2D eigenvalue weighted by molar-refractivity contribution is -0.129. The van der Waals surface area contributed by atoms with Crippen molar-refractivity contribution in [2.24, 2.45) is 0 Å². The summed E-state index contributed by atoms with van der Waals surface area (Å²) in [6.45, 7) is 5.47. The molecule has 0 spiro atoms. The molecule has 1 unspecified atom stereocenters. The summed E-state index contributed by atoms with van der Waals surface area (Å²) in [5.41, 5.74) is -0.0257. The Morgan fingerprint density at radius 2 is 2.10 bits per heavy atom.